The SMILES string of the molecule is Cc1ccc(C(=O)Nc2cc(C3CC3)nn2C)cc1[C@@H]1CCN(c2cncnc2)C1. The molecule has 2 fully saturated rings. The van der Waals surface area contributed by atoms with Gasteiger partial charge in [0.15, 0.2) is 0 Å². The van der Waals surface area contributed by atoms with Gasteiger partial charge >= 0.3 is 0 Å². The van der Waals surface area contributed by atoms with E-state index in [2.05, 4.69) is 44.3 Å². The monoisotopic (exact) mass is 402 g/mol. The van der Waals surface area contributed by atoms with Gasteiger partial charge in [-0.3, -0.25) is 9.48 Å². The molecule has 1 aliphatic heterocycles. The highest BCUT2D eigenvalue weighted by Crippen LogP contribution is 2.40. The van der Waals surface area contributed by atoms with Crippen molar-refractivity contribution < 1.29 is 4.79 Å². The molecular weight excluding hydrogens is 376 g/mol. The molecule has 3 heterocycles. The van der Waals surface area contributed by atoms with Crippen LogP contribution in [0.1, 0.15) is 58.3 Å². The van der Waals surface area contributed by atoms with Crippen molar-refractivity contribution in [2.75, 3.05) is 23.3 Å². The van der Waals surface area contributed by atoms with Gasteiger partial charge in [-0.05, 0) is 49.4 Å². The summed E-state index contributed by atoms with van der Waals surface area (Å²) in [5.41, 5.74) is 5.28. The van der Waals surface area contributed by atoms with Crippen LogP contribution in [-0.2, 0) is 7.05 Å². The van der Waals surface area contributed by atoms with Gasteiger partial charge in [-0.1, -0.05) is 6.07 Å². The summed E-state index contributed by atoms with van der Waals surface area (Å²) in [5.74, 6) is 1.61. The van der Waals surface area contributed by atoms with E-state index in [-0.39, 0.29) is 5.91 Å². The Kier molecular flexibility index (Phi) is 4.73. The Morgan fingerprint density at radius 1 is 1.10 bits per heavy atom. The van der Waals surface area contributed by atoms with Crippen LogP contribution in [0.5, 0.6) is 0 Å². The van der Waals surface area contributed by atoms with Crippen molar-refractivity contribution in [3.63, 3.8) is 0 Å². The lowest BCUT2D eigenvalue weighted by Crippen LogP contribution is -2.20. The molecule has 0 spiro atoms. The summed E-state index contributed by atoms with van der Waals surface area (Å²) in [4.78, 5) is 23.5. The van der Waals surface area contributed by atoms with Crippen LogP contribution in [0.4, 0.5) is 11.5 Å². The molecule has 2 aliphatic rings. The van der Waals surface area contributed by atoms with Crippen molar-refractivity contribution >= 4 is 17.4 Å². The minimum absolute atomic E-state index is 0.0899. The third-order valence-electron chi connectivity index (χ3n) is 6.22. The van der Waals surface area contributed by atoms with Gasteiger partial charge in [0.05, 0.1) is 23.8 Å². The summed E-state index contributed by atoms with van der Waals surface area (Å²) in [6.45, 7) is 3.99. The molecule has 2 aromatic heterocycles. The Balaban J connectivity index is 1.33. The first-order valence-electron chi connectivity index (χ1n) is 10.5. The maximum Gasteiger partial charge on any atom is 0.256 e. The molecule has 1 atom stereocenters. The van der Waals surface area contributed by atoms with Gasteiger partial charge in [-0.15, -0.1) is 0 Å². The van der Waals surface area contributed by atoms with E-state index < -0.39 is 0 Å². The van der Waals surface area contributed by atoms with Crippen LogP contribution in [0.25, 0.3) is 0 Å². The minimum atomic E-state index is -0.0899. The standard InChI is InChI=1S/C23H26N6O/c1-15-3-4-17(23(30)26-22-10-21(16-5-6-16)27-28(22)2)9-20(15)18-7-8-29(13-18)19-11-24-14-25-12-19/h3-4,9-12,14,16,18H,5-8,13H2,1-2H3,(H,26,30)/t18-/m1/s1. The number of carbonyl (C=O) groups is 1. The molecule has 154 valence electrons. The number of rotatable bonds is 5. The number of amides is 1. The normalized spacial score (nSPS) is 18.6. The Hall–Kier alpha value is -3.22. The maximum atomic E-state index is 12.9. The third kappa shape index (κ3) is 3.67. The summed E-state index contributed by atoms with van der Waals surface area (Å²) < 4.78 is 1.76. The van der Waals surface area contributed by atoms with Crippen molar-refractivity contribution in [2.45, 2.75) is 38.0 Å². The molecule has 0 radical (unpaired) electrons. The lowest BCUT2D eigenvalue weighted by Gasteiger charge is -2.19. The van der Waals surface area contributed by atoms with Gasteiger partial charge < -0.3 is 10.2 Å². The lowest BCUT2D eigenvalue weighted by atomic mass is 9.92. The molecular formula is C23H26N6O. The Labute approximate surface area is 176 Å². The number of hydrogen-bond donors (Lipinski definition) is 1. The van der Waals surface area contributed by atoms with Gasteiger partial charge in [0, 0.05) is 43.6 Å². The summed E-state index contributed by atoms with van der Waals surface area (Å²) in [7, 11) is 1.88. The van der Waals surface area contributed by atoms with E-state index in [1.807, 2.05) is 31.6 Å². The molecule has 3 aromatic rings. The molecule has 7 nitrogen and oxygen atoms in total. The van der Waals surface area contributed by atoms with Crippen molar-refractivity contribution in [3.05, 3.63) is 65.4 Å². The number of aryl methyl sites for hydroxylation is 2. The first kappa shape index (κ1) is 18.8. The largest absolute Gasteiger partial charge is 0.368 e. The molecule has 1 saturated heterocycles. The van der Waals surface area contributed by atoms with Crippen LogP contribution in [-0.4, -0.2) is 38.7 Å². The van der Waals surface area contributed by atoms with Gasteiger partial charge in [-0.2, -0.15) is 5.10 Å². The van der Waals surface area contributed by atoms with Gasteiger partial charge in [0.1, 0.15) is 12.1 Å². The topological polar surface area (TPSA) is 75.9 Å². The van der Waals surface area contributed by atoms with Crippen molar-refractivity contribution in [1.29, 1.82) is 0 Å². The summed E-state index contributed by atoms with van der Waals surface area (Å²) in [6.07, 6.45) is 8.71. The number of aromatic nitrogens is 4. The average Bonchev–Trinajstić information content (AvgIpc) is 3.38. The highest BCUT2D eigenvalue weighted by atomic mass is 16.1. The average molecular weight is 403 g/mol. The lowest BCUT2D eigenvalue weighted by molar-refractivity contribution is 0.102. The van der Waals surface area contributed by atoms with Crippen molar-refractivity contribution in [2.24, 2.45) is 7.05 Å². The molecule has 1 amide bonds. The first-order chi connectivity index (χ1) is 14.6. The fourth-order valence-electron chi connectivity index (χ4n) is 4.30. The van der Waals surface area contributed by atoms with Crippen LogP contribution >= 0.6 is 0 Å². The van der Waals surface area contributed by atoms with Crippen LogP contribution in [0.3, 0.4) is 0 Å². The highest BCUT2D eigenvalue weighted by molar-refractivity contribution is 6.04. The number of anilines is 2. The second kappa shape index (κ2) is 7.55. The quantitative estimate of drug-likeness (QED) is 0.705. The summed E-state index contributed by atoms with van der Waals surface area (Å²) in [5, 5.41) is 7.57. The predicted molar refractivity (Wildman–Crippen MR) is 116 cm³/mol. The highest BCUT2D eigenvalue weighted by Gasteiger charge is 2.28. The molecule has 1 N–H and O–H groups in total. The van der Waals surface area contributed by atoms with E-state index >= 15 is 0 Å². The maximum absolute atomic E-state index is 12.9. The minimum Gasteiger partial charge on any atom is -0.368 e. The second-order valence-corrected chi connectivity index (χ2v) is 8.41. The van der Waals surface area contributed by atoms with E-state index in [9.17, 15) is 4.79 Å². The summed E-state index contributed by atoms with van der Waals surface area (Å²) in [6, 6.07) is 8.02. The zero-order chi connectivity index (χ0) is 20.7. The third-order valence-corrected chi connectivity index (χ3v) is 6.22. The fourth-order valence-corrected chi connectivity index (χ4v) is 4.30. The molecule has 0 unspecified atom stereocenters. The zero-order valence-corrected chi connectivity index (χ0v) is 17.4. The molecule has 7 heteroatoms. The number of hydrogen-bond acceptors (Lipinski definition) is 5. The molecule has 1 aliphatic carbocycles. The van der Waals surface area contributed by atoms with Crippen LogP contribution in [0.2, 0.25) is 0 Å². The van der Waals surface area contributed by atoms with Gasteiger partial charge in [0.25, 0.3) is 5.91 Å². The van der Waals surface area contributed by atoms with Crippen LogP contribution < -0.4 is 10.2 Å². The van der Waals surface area contributed by atoms with Crippen LogP contribution in [0, 0.1) is 6.92 Å². The zero-order valence-electron chi connectivity index (χ0n) is 17.4. The molecule has 1 saturated carbocycles. The number of benzene rings is 1. The Bertz CT molecular complexity index is 1070. The second-order valence-electron chi connectivity index (χ2n) is 8.41. The van der Waals surface area contributed by atoms with Crippen molar-refractivity contribution in [3.8, 4) is 0 Å². The smallest absolute Gasteiger partial charge is 0.256 e. The number of nitrogens with zero attached hydrogens (tertiary/aromatic N) is 5. The van der Waals surface area contributed by atoms with Crippen LogP contribution in [0.15, 0.2) is 43.0 Å². The molecule has 5 rings (SSSR count). The Morgan fingerprint density at radius 3 is 2.67 bits per heavy atom. The van der Waals surface area contributed by atoms with E-state index in [1.54, 1.807) is 11.0 Å². The van der Waals surface area contributed by atoms with E-state index in [0.29, 0.717) is 17.4 Å². The Morgan fingerprint density at radius 2 is 1.90 bits per heavy atom. The van der Waals surface area contributed by atoms with Gasteiger partial charge in [-0.25, -0.2) is 9.97 Å². The fraction of sp³-hybridized carbons (Fsp3) is 0.391. The number of nitrogens with one attached hydrogen (secondary N) is 1. The molecule has 30 heavy (non-hydrogen) atoms. The molecule has 0 bridgehead atoms. The van der Waals surface area contributed by atoms with E-state index in [4.69, 9.17) is 0 Å². The molecule has 1 aromatic carbocycles. The predicted octanol–water partition coefficient (Wildman–Crippen LogP) is 3.64. The first-order valence-corrected chi connectivity index (χ1v) is 10.5. The van der Waals surface area contributed by atoms with Crippen molar-refractivity contribution in [1.82, 2.24) is 19.7 Å². The van der Waals surface area contributed by atoms with E-state index in [0.717, 1.165) is 36.7 Å². The number of carbonyl (C=O) groups excluding carboxylic acids is 1. The van der Waals surface area contributed by atoms with Gasteiger partial charge in [0.2, 0.25) is 0 Å². The van der Waals surface area contributed by atoms with E-state index in [1.165, 1.54) is 24.0 Å². The summed E-state index contributed by atoms with van der Waals surface area (Å²) >= 11 is 0.